The van der Waals surface area contributed by atoms with Gasteiger partial charge in [-0.2, -0.15) is 0 Å². The number of halogens is 4. The number of aromatic hydroxyl groups is 1. The zero-order valence-electron chi connectivity index (χ0n) is 24.0. The predicted molar refractivity (Wildman–Crippen MR) is 176 cm³/mol. The Balaban J connectivity index is 1.31. The molecule has 46 heavy (non-hydrogen) atoms. The number of rotatable bonds is 6. The highest BCUT2D eigenvalue weighted by atomic mass is 79.9. The van der Waals surface area contributed by atoms with Crippen molar-refractivity contribution >= 4 is 80.0 Å². The van der Waals surface area contributed by atoms with E-state index < -0.39 is 51.1 Å². The number of amides is 4. The average Bonchev–Trinajstić information content (AvgIpc) is 3.39. The minimum absolute atomic E-state index is 0.143. The molecular weight excluding hydrogens is 719 g/mol. The van der Waals surface area contributed by atoms with Gasteiger partial charge < -0.3 is 9.84 Å². The molecule has 1 saturated carbocycles. The molecule has 4 aliphatic rings. The Kier molecular flexibility index (Phi) is 7.74. The highest BCUT2D eigenvalue weighted by Gasteiger charge is 2.76. The summed E-state index contributed by atoms with van der Waals surface area (Å²) in [7, 11) is 0. The highest BCUT2D eigenvalue weighted by molar-refractivity contribution is 9.09. The molecule has 2 saturated heterocycles. The van der Waals surface area contributed by atoms with Gasteiger partial charge in [0.2, 0.25) is 11.8 Å². The fourth-order valence-electron chi connectivity index (χ4n) is 7.54. The number of benzene rings is 3. The van der Waals surface area contributed by atoms with Crippen LogP contribution in [-0.4, -0.2) is 48.8 Å². The lowest BCUT2D eigenvalue weighted by Gasteiger charge is -2.50. The van der Waals surface area contributed by atoms with Crippen LogP contribution in [0.5, 0.6) is 11.5 Å². The van der Waals surface area contributed by atoms with Crippen molar-refractivity contribution < 1.29 is 29.0 Å². The van der Waals surface area contributed by atoms with Crippen molar-refractivity contribution in [3.8, 4) is 11.5 Å². The highest BCUT2D eigenvalue weighted by Crippen LogP contribution is 2.66. The molecule has 12 heteroatoms. The van der Waals surface area contributed by atoms with Gasteiger partial charge >= 0.3 is 0 Å². The van der Waals surface area contributed by atoms with Crippen molar-refractivity contribution in [2.24, 2.45) is 17.8 Å². The average molecular weight is 745 g/mol. The van der Waals surface area contributed by atoms with Gasteiger partial charge in [0, 0.05) is 22.6 Å². The fourth-order valence-corrected chi connectivity index (χ4v) is 9.08. The van der Waals surface area contributed by atoms with Crippen molar-refractivity contribution in [2.75, 3.05) is 10.4 Å². The van der Waals surface area contributed by atoms with Crippen molar-refractivity contribution in [3.63, 3.8) is 0 Å². The number of anilines is 1. The number of hydrogen-bond acceptors (Lipinski definition) is 6. The zero-order valence-corrected chi connectivity index (χ0v) is 27.9. The first-order valence-corrected chi connectivity index (χ1v) is 16.9. The van der Waals surface area contributed by atoms with Crippen LogP contribution in [0.4, 0.5) is 5.69 Å². The summed E-state index contributed by atoms with van der Waals surface area (Å²) < 4.78 is 5.90. The Morgan fingerprint density at radius 2 is 1.63 bits per heavy atom. The number of ether oxygens (including phenoxy) is 1. The number of phenols is 1. The lowest BCUT2D eigenvalue weighted by Crippen LogP contribution is -2.60. The van der Waals surface area contributed by atoms with Crippen molar-refractivity contribution in [3.05, 3.63) is 101 Å². The van der Waals surface area contributed by atoms with Crippen LogP contribution in [0.15, 0.2) is 84.4 Å². The smallest absolute Gasteiger partial charge is 0.254 e. The van der Waals surface area contributed by atoms with Gasteiger partial charge in [-0.15, -0.1) is 23.2 Å². The standard InChI is InChI=1S/C34H26BrCl3N2O6/c35-17-39-31(44)33(37)15-25-22(12-13-24-27(25)30(43)40(29(24)42)20-8-6-19(36)7-9-20)28(34(33,38)32(39)45)23-11-10-21(14-26(23)41)46-16-18-4-2-1-3-5-18/h1-12,14,24-25,27-28,41H,13,15-17H2/t24-,25+,27-,28+,33+,34-/m0/s1. The number of fused-ring (bicyclic) bond motifs is 4. The first kappa shape index (κ1) is 31.2. The summed E-state index contributed by atoms with van der Waals surface area (Å²) in [4.78, 5) is 53.8. The van der Waals surface area contributed by atoms with Gasteiger partial charge in [0.05, 0.1) is 23.0 Å². The fraction of sp³-hybridized carbons (Fsp3) is 0.294. The lowest BCUT2D eigenvalue weighted by atomic mass is 9.56. The summed E-state index contributed by atoms with van der Waals surface area (Å²) in [6.07, 6.45) is 1.87. The van der Waals surface area contributed by atoms with E-state index in [2.05, 4.69) is 15.9 Å². The second-order valence-corrected chi connectivity index (χ2v) is 14.1. The van der Waals surface area contributed by atoms with Gasteiger partial charge in [-0.1, -0.05) is 75.6 Å². The maximum atomic E-state index is 14.1. The number of likely N-dealkylation sites (tertiary alicyclic amines) is 1. The van der Waals surface area contributed by atoms with Gasteiger partial charge in [-0.3, -0.25) is 29.0 Å². The first-order chi connectivity index (χ1) is 22.0. The molecule has 6 atom stereocenters. The SMILES string of the molecule is O=C1[C@H]2[C@H](CC=C3[C@H]2C[C@@]2(Cl)C(=O)N(CBr)C(=O)[C@@]2(Cl)[C@H]3c2ccc(OCc3ccccc3)cc2O)C(=O)N1c1ccc(Cl)cc1. The Morgan fingerprint density at radius 3 is 2.30 bits per heavy atom. The largest absolute Gasteiger partial charge is 0.508 e. The van der Waals surface area contributed by atoms with E-state index in [4.69, 9.17) is 39.5 Å². The van der Waals surface area contributed by atoms with Crippen LogP contribution in [0.1, 0.15) is 29.9 Å². The normalized spacial score (nSPS) is 30.2. The molecule has 3 aromatic carbocycles. The molecule has 3 aromatic rings. The van der Waals surface area contributed by atoms with Crippen LogP contribution < -0.4 is 9.64 Å². The van der Waals surface area contributed by atoms with E-state index in [1.165, 1.54) is 6.07 Å². The topological polar surface area (TPSA) is 104 Å². The van der Waals surface area contributed by atoms with E-state index in [9.17, 15) is 24.3 Å². The Hall–Kier alpha value is -3.37. The Labute approximate surface area is 288 Å². The maximum absolute atomic E-state index is 14.1. The van der Waals surface area contributed by atoms with Gasteiger partial charge in [0.1, 0.15) is 18.1 Å². The van der Waals surface area contributed by atoms with E-state index in [0.29, 0.717) is 22.0 Å². The van der Waals surface area contributed by atoms with Gasteiger partial charge in [-0.25, -0.2) is 0 Å². The third-order valence-electron chi connectivity index (χ3n) is 9.66. The summed E-state index contributed by atoms with van der Waals surface area (Å²) >= 11 is 23.8. The minimum Gasteiger partial charge on any atom is -0.508 e. The van der Waals surface area contributed by atoms with Crippen molar-refractivity contribution in [1.29, 1.82) is 0 Å². The molecule has 2 aliphatic carbocycles. The molecule has 3 fully saturated rings. The quantitative estimate of drug-likeness (QED) is 0.133. The van der Waals surface area contributed by atoms with Crippen LogP contribution in [0.2, 0.25) is 5.02 Å². The molecule has 0 radical (unpaired) electrons. The monoisotopic (exact) mass is 742 g/mol. The number of nitrogens with zero attached hydrogens (tertiary/aromatic N) is 2. The summed E-state index contributed by atoms with van der Waals surface area (Å²) in [6.45, 7) is 0.261. The number of allylic oxidation sites excluding steroid dienone is 2. The van der Waals surface area contributed by atoms with Crippen LogP contribution in [-0.2, 0) is 25.8 Å². The maximum Gasteiger partial charge on any atom is 0.254 e. The lowest BCUT2D eigenvalue weighted by molar-refractivity contribution is -0.138. The molecule has 236 valence electrons. The molecule has 1 N–H and O–H groups in total. The molecule has 2 aliphatic heterocycles. The summed E-state index contributed by atoms with van der Waals surface area (Å²) in [5.74, 6) is -5.43. The minimum atomic E-state index is -2.03. The second-order valence-electron chi connectivity index (χ2n) is 12.0. The molecule has 4 amide bonds. The number of carbonyl (C=O) groups excluding carboxylic acids is 4. The van der Waals surface area contributed by atoms with E-state index in [1.807, 2.05) is 36.4 Å². The zero-order chi connectivity index (χ0) is 32.5. The molecule has 0 spiro atoms. The third kappa shape index (κ3) is 4.46. The number of hydrogen-bond donors (Lipinski definition) is 1. The van der Waals surface area contributed by atoms with Crippen molar-refractivity contribution in [1.82, 2.24) is 4.90 Å². The predicted octanol–water partition coefficient (Wildman–Crippen LogP) is 6.54. The van der Waals surface area contributed by atoms with Crippen LogP contribution in [0, 0.1) is 17.8 Å². The number of carbonyl (C=O) groups is 4. The molecule has 0 bridgehead atoms. The van der Waals surface area contributed by atoms with Gasteiger partial charge in [0.15, 0.2) is 9.75 Å². The van der Waals surface area contributed by atoms with Crippen LogP contribution in [0.25, 0.3) is 0 Å². The molecule has 0 unspecified atom stereocenters. The molecule has 2 heterocycles. The summed E-state index contributed by atoms with van der Waals surface area (Å²) in [5.41, 5.74) is 2.01. The molecule has 0 aromatic heterocycles. The third-order valence-corrected chi connectivity index (χ3v) is 11.8. The van der Waals surface area contributed by atoms with E-state index >= 15 is 0 Å². The Bertz CT molecular complexity index is 1820. The van der Waals surface area contributed by atoms with Crippen molar-refractivity contribution in [2.45, 2.75) is 35.1 Å². The molecular formula is C34H26BrCl3N2O6. The molecule has 8 nitrogen and oxygen atoms in total. The summed E-state index contributed by atoms with van der Waals surface area (Å²) in [5, 5.41) is 11.9. The second kappa shape index (κ2) is 11.4. The number of alkyl halides is 3. The Morgan fingerprint density at radius 1 is 0.913 bits per heavy atom. The molecule has 7 rings (SSSR count). The van der Waals surface area contributed by atoms with E-state index in [0.717, 1.165) is 15.4 Å². The van der Waals surface area contributed by atoms with Crippen LogP contribution in [0.3, 0.4) is 0 Å². The number of phenolic OH excluding ortho intramolecular Hbond substituents is 1. The van der Waals surface area contributed by atoms with E-state index in [-0.39, 0.29) is 42.1 Å². The first-order valence-electron chi connectivity index (χ1n) is 14.6. The number of imide groups is 2. The van der Waals surface area contributed by atoms with E-state index in [1.54, 1.807) is 36.4 Å². The van der Waals surface area contributed by atoms with Gasteiger partial charge in [0.25, 0.3) is 11.8 Å². The van der Waals surface area contributed by atoms with Gasteiger partial charge in [-0.05, 0) is 54.7 Å². The van der Waals surface area contributed by atoms with Crippen LogP contribution >= 0.6 is 50.7 Å². The summed E-state index contributed by atoms with van der Waals surface area (Å²) in [6, 6.07) is 20.6.